The smallest absolute Gasteiger partial charge is 0.165 e. The summed E-state index contributed by atoms with van der Waals surface area (Å²) in [6.07, 6.45) is 0. The Balaban J connectivity index is 2.34. The van der Waals surface area contributed by atoms with Crippen molar-refractivity contribution in [2.24, 2.45) is 0 Å². The highest BCUT2D eigenvalue weighted by Gasteiger charge is 2.12. The second kappa shape index (κ2) is 4.36. The zero-order valence-electron chi connectivity index (χ0n) is 8.89. The summed E-state index contributed by atoms with van der Waals surface area (Å²) in [6, 6.07) is 9.25. The quantitative estimate of drug-likeness (QED) is 0.843. The third-order valence-electron chi connectivity index (χ3n) is 2.35. The lowest BCUT2D eigenvalue weighted by molar-refractivity contribution is 0.700. The second-order valence-corrected chi connectivity index (χ2v) is 3.98. The Labute approximate surface area is 103 Å². The van der Waals surface area contributed by atoms with Crippen LogP contribution in [0.3, 0.4) is 0 Å². The summed E-state index contributed by atoms with van der Waals surface area (Å²) in [7, 11) is 0. The van der Waals surface area contributed by atoms with Crippen molar-refractivity contribution in [3.05, 3.63) is 40.4 Å². The predicted molar refractivity (Wildman–Crippen MR) is 66.3 cm³/mol. The van der Waals surface area contributed by atoms with Crippen molar-refractivity contribution >= 4 is 23.2 Å². The Hall–Kier alpha value is -2.19. The van der Waals surface area contributed by atoms with Gasteiger partial charge in [0.2, 0.25) is 0 Å². The van der Waals surface area contributed by atoms with E-state index in [4.69, 9.17) is 28.3 Å². The van der Waals surface area contributed by atoms with E-state index >= 15 is 0 Å². The fraction of sp³-hybridized carbons (Fsp3) is 0.0909. The molecular weight excluding hydrogens is 238 g/mol. The molecule has 86 valence electrons. The van der Waals surface area contributed by atoms with E-state index in [-0.39, 0.29) is 17.2 Å². The summed E-state index contributed by atoms with van der Waals surface area (Å²) in [6.45, 7) is 0.429. The van der Waals surface area contributed by atoms with Crippen molar-refractivity contribution in [1.29, 1.82) is 5.26 Å². The van der Waals surface area contributed by atoms with Crippen LogP contribution in [0.4, 0.5) is 11.6 Å². The summed E-state index contributed by atoms with van der Waals surface area (Å²) in [5, 5.41) is 13.5. The van der Waals surface area contributed by atoms with Crippen LogP contribution in [-0.2, 0) is 6.54 Å². The summed E-state index contributed by atoms with van der Waals surface area (Å²) in [4.78, 5) is 0. The Bertz CT molecular complexity index is 596. The summed E-state index contributed by atoms with van der Waals surface area (Å²) in [5.41, 5.74) is 12.5. The molecule has 0 fully saturated rings. The number of anilines is 2. The van der Waals surface area contributed by atoms with E-state index in [1.54, 1.807) is 6.07 Å². The molecular formula is C11H10ClN5. The summed E-state index contributed by atoms with van der Waals surface area (Å²) >= 11 is 5.88. The van der Waals surface area contributed by atoms with Gasteiger partial charge in [-0.15, -0.1) is 0 Å². The Kier molecular flexibility index (Phi) is 2.90. The monoisotopic (exact) mass is 247 g/mol. The first kappa shape index (κ1) is 11.3. The fourth-order valence-corrected chi connectivity index (χ4v) is 1.75. The third-order valence-corrected chi connectivity index (χ3v) is 2.59. The number of nitrogens with zero attached hydrogens (tertiary/aromatic N) is 3. The molecule has 1 heterocycles. The van der Waals surface area contributed by atoms with Crippen LogP contribution < -0.4 is 11.5 Å². The molecule has 0 amide bonds. The van der Waals surface area contributed by atoms with E-state index in [1.807, 2.05) is 24.3 Å². The molecule has 2 aromatic rings. The molecule has 0 aliphatic carbocycles. The van der Waals surface area contributed by atoms with Crippen LogP contribution in [0.25, 0.3) is 0 Å². The van der Waals surface area contributed by atoms with Gasteiger partial charge in [-0.2, -0.15) is 10.4 Å². The normalized spacial score (nSPS) is 10.1. The van der Waals surface area contributed by atoms with Crippen molar-refractivity contribution in [2.45, 2.75) is 6.54 Å². The van der Waals surface area contributed by atoms with E-state index in [0.717, 1.165) is 5.56 Å². The van der Waals surface area contributed by atoms with Gasteiger partial charge in [0.1, 0.15) is 17.5 Å². The maximum Gasteiger partial charge on any atom is 0.165 e. The van der Waals surface area contributed by atoms with Crippen molar-refractivity contribution in [3.8, 4) is 6.07 Å². The maximum absolute atomic E-state index is 8.84. The highest BCUT2D eigenvalue weighted by atomic mass is 35.5. The number of halogens is 1. The second-order valence-electron chi connectivity index (χ2n) is 3.54. The Morgan fingerprint density at radius 3 is 2.76 bits per heavy atom. The minimum absolute atomic E-state index is 0.145. The standard InChI is InChI=1S/C11H10ClN5/c12-8-3-1-2-7(4-8)6-17-11(15)9(5-13)10(14)16-17/h1-4H,6,15H2,(H2,14,16). The highest BCUT2D eigenvalue weighted by molar-refractivity contribution is 6.30. The highest BCUT2D eigenvalue weighted by Crippen LogP contribution is 2.19. The molecule has 0 aliphatic rings. The molecule has 0 atom stereocenters. The van der Waals surface area contributed by atoms with Crippen LogP contribution in [0.15, 0.2) is 24.3 Å². The van der Waals surface area contributed by atoms with E-state index < -0.39 is 0 Å². The molecule has 0 saturated heterocycles. The molecule has 0 aliphatic heterocycles. The number of hydrogen-bond donors (Lipinski definition) is 2. The predicted octanol–water partition coefficient (Wildman–Crippen LogP) is 1.62. The summed E-state index contributed by atoms with van der Waals surface area (Å²) < 4.78 is 1.49. The topological polar surface area (TPSA) is 93.6 Å². The van der Waals surface area contributed by atoms with Crippen LogP contribution in [-0.4, -0.2) is 9.78 Å². The van der Waals surface area contributed by atoms with Gasteiger partial charge in [-0.3, -0.25) is 0 Å². The van der Waals surface area contributed by atoms with Gasteiger partial charge < -0.3 is 11.5 Å². The average Bonchev–Trinajstić information content (AvgIpc) is 2.54. The first-order valence-corrected chi connectivity index (χ1v) is 5.26. The first-order valence-electron chi connectivity index (χ1n) is 4.88. The number of rotatable bonds is 2. The molecule has 5 nitrogen and oxygen atoms in total. The summed E-state index contributed by atoms with van der Waals surface area (Å²) in [5.74, 6) is 0.414. The average molecular weight is 248 g/mol. The Morgan fingerprint density at radius 2 is 2.18 bits per heavy atom. The van der Waals surface area contributed by atoms with Crippen LogP contribution in [0.2, 0.25) is 5.02 Å². The number of benzene rings is 1. The fourth-order valence-electron chi connectivity index (χ4n) is 1.54. The number of aromatic nitrogens is 2. The zero-order valence-corrected chi connectivity index (χ0v) is 9.65. The third kappa shape index (κ3) is 2.17. The van der Waals surface area contributed by atoms with Gasteiger partial charge in [-0.05, 0) is 17.7 Å². The number of hydrogen-bond acceptors (Lipinski definition) is 4. The lowest BCUT2D eigenvalue weighted by Gasteiger charge is -2.04. The number of nitriles is 1. The van der Waals surface area contributed by atoms with Crippen LogP contribution in [0.1, 0.15) is 11.1 Å². The minimum Gasteiger partial charge on any atom is -0.383 e. The minimum atomic E-state index is 0.145. The van der Waals surface area contributed by atoms with Gasteiger partial charge in [0.25, 0.3) is 0 Å². The van der Waals surface area contributed by atoms with E-state index in [2.05, 4.69) is 5.10 Å². The lowest BCUT2D eigenvalue weighted by atomic mass is 10.2. The molecule has 4 N–H and O–H groups in total. The molecule has 0 unspecified atom stereocenters. The van der Waals surface area contributed by atoms with Crippen molar-refractivity contribution in [2.75, 3.05) is 11.5 Å². The van der Waals surface area contributed by atoms with Crippen molar-refractivity contribution in [1.82, 2.24) is 9.78 Å². The van der Waals surface area contributed by atoms with E-state index in [1.165, 1.54) is 4.68 Å². The first-order chi connectivity index (χ1) is 8.11. The number of nitrogen functional groups attached to an aromatic ring is 2. The van der Waals surface area contributed by atoms with E-state index in [0.29, 0.717) is 11.6 Å². The maximum atomic E-state index is 8.84. The molecule has 0 saturated carbocycles. The largest absolute Gasteiger partial charge is 0.383 e. The van der Waals surface area contributed by atoms with Gasteiger partial charge in [-0.25, -0.2) is 4.68 Å². The Morgan fingerprint density at radius 1 is 1.41 bits per heavy atom. The van der Waals surface area contributed by atoms with Gasteiger partial charge in [0.15, 0.2) is 5.82 Å². The molecule has 0 spiro atoms. The zero-order chi connectivity index (χ0) is 12.4. The van der Waals surface area contributed by atoms with E-state index in [9.17, 15) is 0 Å². The van der Waals surface area contributed by atoms with Gasteiger partial charge >= 0.3 is 0 Å². The number of nitrogens with two attached hydrogens (primary N) is 2. The molecule has 6 heteroatoms. The van der Waals surface area contributed by atoms with Gasteiger partial charge in [-0.1, -0.05) is 23.7 Å². The SMILES string of the molecule is N#Cc1c(N)nn(Cc2cccc(Cl)c2)c1N. The molecule has 1 aromatic heterocycles. The van der Waals surface area contributed by atoms with Crippen LogP contribution in [0.5, 0.6) is 0 Å². The van der Waals surface area contributed by atoms with Crippen LogP contribution >= 0.6 is 11.6 Å². The molecule has 0 radical (unpaired) electrons. The van der Waals surface area contributed by atoms with Crippen molar-refractivity contribution < 1.29 is 0 Å². The molecule has 0 bridgehead atoms. The molecule has 2 rings (SSSR count). The van der Waals surface area contributed by atoms with Crippen LogP contribution in [0, 0.1) is 11.3 Å². The van der Waals surface area contributed by atoms with Gasteiger partial charge in [0, 0.05) is 5.02 Å². The molecule has 17 heavy (non-hydrogen) atoms. The van der Waals surface area contributed by atoms with Gasteiger partial charge in [0.05, 0.1) is 6.54 Å². The lowest BCUT2D eigenvalue weighted by Crippen LogP contribution is -2.06. The van der Waals surface area contributed by atoms with Crippen molar-refractivity contribution in [3.63, 3.8) is 0 Å². The molecule has 1 aromatic carbocycles.